The predicted octanol–water partition coefficient (Wildman–Crippen LogP) is 2.81. The largest absolute Gasteiger partial charge is 0.495 e. The topological polar surface area (TPSA) is 84.9 Å². The van der Waals surface area contributed by atoms with Crippen molar-refractivity contribution in [2.45, 2.75) is 36.7 Å². The van der Waals surface area contributed by atoms with E-state index in [9.17, 15) is 13.2 Å². The number of carbonyl (C=O) groups excluding carboxylic acids is 1. The first-order chi connectivity index (χ1) is 14.0. The molecule has 1 N–H and O–H groups in total. The van der Waals surface area contributed by atoms with Crippen LogP contribution in [0.4, 0.5) is 5.69 Å². The van der Waals surface area contributed by atoms with Gasteiger partial charge in [-0.2, -0.15) is 4.31 Å². The minimum absolute atomic E-state index is 0.0651. The third-order valence-electron chi connectivity index (χ3n) is 5.30. The molecule has 0 aliphatic carbocycles. The fourth-order valence-electron chi connectivity index (χ4n) is 3.75. The third-order valence-corrected chi connectivity index (χ3v) is 7.22. The second kappa shape index (κ2) is 8.04. The zero-order chi connectivity index (χ0) is 20.4. The molecule has 2 aromatic carbocycles. The summed E-state index contributed by atoms with van der Waals surface area (Å²) in [6.07, 6.45) is 2.56. The standard InChI is InChI=1S/C21H24N2O5S/c1-27-18-10-9-16(14-20(18)29(25,26)23-11-5-2-6-12-23)22-21(24)19-13-15-7-3-4-8-17(15)28-19/h3-4,7-10,14,19H,2,5-6,11-13H2,1H3,(H,22,24)/t19-/m1/s1. The first-order valence-corrected chi connectivity index (χ1v) is 11.2. The fraction of sp³-hybridized carbons (Fsp3) is 0.381. The molecule has 2 aliphatic rings. The van der Waals surface area contributed by atoms with Gasteiger partial charge in [-0.15, -0.1) is 0 Å². The zero-order valence-electron chi connectivity index (χ0n) is 16.3. The van der Waals surface area contributed by atoms with Gasteiger partial charge in [-0.3, -0.25) is 4.79 Å². The lowest BCUT2D eigenvalue weighted by Gasteiger charge is -2.26. The Kier molecular flexibility index (Phi) is 5.47. The van der Waals surface area contributed by atoms with Gasteiger partial charge in [0.1, 0.15) is 16.4 Å². The monoisotopic (exact) mass is 416 g/mol. The van der Waals surface area contributed by atoms with Crippen LogP contribution in [-0.4, -0.2) is 44.9 Å². The number of rotatable bonds is 5. The summed E-state index contributed by atoms with van der Waals surface area (Å²) in [5.41, 5.74) is 1.38. The van der Waals surface area contributed by atoms with Crippen molar-refractivity contribution in [1.29, 1.82) is 0 Å². The van der Waals surface area contributed by atoms with Gasteiger partial charge >= 0.3 is 0 Å². The molecule has 0 bridgehead atoms. The van der Waals surface area contributed by atoms with Crippen LogP contribution in [0.15, 0.2) is 47.4 Å². The van der Waals surface area contributed by atoms with E-state index in [2.05, 4.69) is 5.32 Å². The van der Waals surface area contributed by atoms with Crippen molar-refractivity contribution in [2.75, 3.05) is 25.5 Å². The van der Waals surface area contributed by atoms with E-state index in [4.69, 9.17) is 9.47 Å². The number of methoxy groups -OCH3 is 1. The van der Waals surface area contributed by atoms with Crippen molar-refractivity contribution in [3.05, 3.63) is 48.0 Å². The maximum atomic E-state index is 13.1. The summed E-state index contributed by atoms with van der Waals surface area (Å²) in [7, 11) is -2.26. The summed E-state index contributed by atoms with van der Waals surface area (Å²) < 4.78 is 38.7. The first kappa shape index (κ1) is 19.7. The highest BCUT2D eigenvalue weighted by Gasteiger charge is 2.31. The number of hydrogen-bond acceptors (Lipinski definition) is 5. The van der Waals surface area contributed by atoms with E-state index in [1.54, 1.807) is 12.1 Å². The molecule has 0 radical (unpaired) electrons. The maximum Gasteiger partial charge on any atom is 0.265 e. The summed E-state index contributed by atoms with van der Waals surface area (Å²) in [4.78, 5) is 12.7. The summed E-state index contributed by atoms with van der Waals surface area (Å²) in [5.74, 6) is 0.654. The average Bonchev–Trinajstić information content (AvgIpc) is 3.19. The molecule has 2 aromatic rings. The van der Waals surface area contributed by atoms with Gasteiger partial charge in [0.25, 0.3) is 5.91 Å². The number of piperidine rings is 1. The van der Waals surface area contributed by atoms with Crippen molar-refractivity contribution < 1.29 is 22.7 Å². The highest BCUT2D eigenvalue weighted by molar-refractivity contribution is 7.89. The SMILES string of the molecule is COc1ccc(NC(=O)[C@H]2Cc3ccccc3O2)cc1S(=O)(=O)N1CCCCC1. The molecule has 0 aromatic heterocycles. The molecule has 154 valence electrons. The molecule has 8 heteroatoms. The number of amides is 1. The molecule has 1 saturated heterocycles. The number of nitrogens with one attached hydrogen (secondary N) is 1. The molecule has 1 amide bonds. The highest BCUT2D eigenvalue weighted by Crippen LogP contribution is 2.32. The zero-order valence-corrected chi connectivity index (χ0v) is 17.1. The fourth-order valence-corrected chi connectivity index (χ4v) is 5.45. The van der Waals surface area contributed by atoms with Crippen LogP contribution in [0.2, 0.25) is 0 Å². The van der Waals surface area contributed by atoms with Crippen LogP contribution < -0.4 is 14.8 Å². The van der Waals surface area contributed by atoms with Crippen molar-refractivity contribution in [3.63, 3.8) is 0 Å². The number of sulfonamides is 1. The Morgan fingerprint density at radius 1 is 1.14 bits per heavy atom. The second-order valence-electron chi connectivity index (χ2n) is 7.24. The first-order valence-electron chi connectivity index (χ1n) is 9.72. The van der Waals surface area contributed by atoms with Gasteiger partial charge in [-0.25, -0.2) is 8.42 Å². The van der Waals surface area contributed by atoms with Crippen LogP contribution >= 0.6 is 0 Å². The molecule has 29 heavy (non-hydrogen) atoms. The van der Waals surface area contributed by atoms with Gasteiger partial charge < -0.3 is 14.8 Å². The van der Waals surface area contributed by atoms with Crippen LogP contribution in [0, 0.1) is 0 Å². The van der Waals surface area contributed by atoms with Crippen molar-refractivity contribution in [2.24, 2.45) is 0 Å². The van der Waals surface area contributed by atoms with Crippen LogP contribution in [0.3, 0.4) is 0 Å². The normalized spacial score (nSPS) is 19.3. The predicted molar refractivity (Wildman–Crippen MR) is 109 cm³/mol. The molecular formula is C21H24N2O5S. The summed E-state index contributed by atoms with van der Waals surface area (Å²) in [6.45, 7) is 0.993. The molecule has 7 nitrogen and oxygen atoms in total. The highest BCUT2D eigenvalue weighted by atomic mass is 32.2. The van der Waals surface area contributed by atoms with Crippen LogP contribution in [0.5, 0.6) is 11.5 Å². The third kappa shape index (κ3) is 3.95. The second-order valence-corrected chi connectivity index (χ2v) is 9.14. The summed E-state index contributed by atoms with van der Waals surface area (Å²) in [6, 6.07) is 12.2. The van der Waals surface area contributed by atoms with E-state index in [0.29, 0.717) is 30.9 Å². The van der Waals surface area contributed by atoms with Gasteiger partial charge in [0.2, 0.25) is 10.0 Å². The number of carbonyl (C=O) groups is 1. The minimum Gasteiger partial charge on any atom is -0.495 e. The number of hydrogen-bond donors (Lipinski definition) is 1. The van der Waals surface area contributed by atoms with Gasteiger partial charge in [0.15, 0.2) is 6.10 Å². The van der Waals surface area contributed by atoms with E-state index in [-0.39, 0.29) is 16.6 Å². The smallest absolute Gasteiger partial charge is 0.265 e. The molecule has 0 spiro atoms. The number of anilines is 1. The van der Waals surface area contributed by atoms with E-state index >= 15 is 0 Å². The summed E-state index contributed by atoms with van der Waals surface area (Å²) in [5, 5.41) is 2.78. The Morgan fingerprint density at radius 2 is 1.90 bits per heavy atom. The Hall–Kier alpha value is -2.58. The van der Waals surface area contributed by atoms with Crippen molar-refractivity contribution in [3.8, 4) is 11.5 Å². The Balaban J connectivity index is 1.55. The van der Waals surface area contributed by atoms with Gasteiger partial charge in [0, 0.05) is 25.2 Å². The minimum atomic E-state index is -3.70. The Morgan fingerprint density at radius 3 is 2.62 bits per heavy atom. The Bertz CT molecular complexity index is 990. The quantitative estimate of drug-likeness (QED) is 0.810. The number of nitrogens with zero attached hydrogens (tertiary/aromatic N) is 1. The van der Waals surface area contributed by atoms with Gasteiger partial charge in [0.05, 0.1) is 7.11 Å². The molecule has 2 heterocycles. The number of para-hydroxylation sites is 1. The Labute approximate surface area is 170 Å². The molecule has 0 saturated carbocycles. The lowest BCUT2D eigenvalue weighted by molar-refractivity contribution is -0.122. The van der Waals surface area contributed by atoms with Gasteiger partial charge in [-0.05, 0) is 42.7 Å². The van der Waals surface area contributed by atoms with E-state index in [0.717, 1.165) is 24.8 Å². The number of fused-ring (bicyclic) bond motifs is 1. The molecule has 1 atom stereocenters. The lowest BCUT2D eigenvalue weighted by atomic mass is 10.1. The molecule has 1 fully saturated rings. The van der Waals surface area contributed by atoms with Crippen LogP contribution in [0.25, 0.3) is 0 Å². The molecule has 0 unspecified atom stereocenters. The summed E-state index contributed by atoms with van der Waals surface area (Å²) >= 11 is 0. The van der Waals surface area contributed by atoms with Crippen LogP contribution in [0.1, 0.15) is 24.8 Å². The van der Waals surface area contributed by atoms with Crippen molar-refractivity contribution >= 4 is 21.6 Å². The average molecular weight is 416 g/mol. The van der Waals surface area contributed by atoms with Crippen LogP contribution in [-0.2, 0) is 21.2 Å². The number of ether oxygens (including phenoxy) is 2. The number of benzene rings is 2. The maximum absolute atomic E-state index is 13.1. The lowest BCUT2D eigenvalue weighted by Crippen LogP contribution is -2.36. The van der Waals surface area contributed by atoms with Crippen molar-refractivity contribution in [1.82, 2.24) is 4.31 Å². The van der Waals surface area contributed by atoms with E-state index < -0.39 is 16.1 Å². The van der Waals surface area contributed by atoms with E-state index in [1.165, 1.54) is 17.5 Å². The molecule has 2 aliphatic heterocycles. The van der Waals surface area contributed by atoms with E-state index in [1.807, 2.05) is 24.3 Å². The van der Waals surface area contributed by atoms with Gasteiger partial charge in [-0.1, -0.05) is 24.6 Å². The molecule has 4 rings (SSSR count). The molecular weight excluding hydrogens is 392 g/mol.